The molecular weight excluding hydrogens is 555 g/mol. The van der Waals surface area contributed by atoms with Gasteiger partial charge >= 0.3 is 0 Å². The molecule has 0 saturated carbocycles. The molecule has 1 aliphatic rings. The van der Waals surface area contributed by atoms with Gasteiger partial charge in [0, 0.05) is 26.5 Å². The van der Waals surface area contributed by atoms with Crippen LogP contribution in [0.3, 0.4) is 0 Å². The molecule has 8 rings (SSSR count). The average Bonchev–Trinajstić information content (AvgIpc) is 3.11. The molecule has 0 saturated heterocycles. The fourth-order valence-electron chi connectivity index (χ4n) is 6.33. The van der Waals surface area contributed by atoms with Crippen LogP contribution in [0.2, 0.25) is 0 Å². The van der Waals surface area contributed by atoms with Crippen molar-refractivity contribution in [1.29, 1.82) is 0 Å². The van der Waals surface area contributed by atoms with E-state index in [-0.39, 0.29) is 0 Å². The quantitative estimate of drug-likeness (QED) is 0.203. The van der Waals surface area contributed by atoms with E-state index in [1.54, 1.807) is 11.8 Å². The lowest BCUT2D eigenvalue weighted by Crippen LogP contribution is -2.34. The zero-order valence-electron chi connectivity index (χ0n) is 23.8. The molecule has 0 N–H and O–H groups in total. The van der Waals surface area contributed by atoms with Gasteiger partial charge in [-0.15, -0.1) is 0 Å². The molecule has 208 valence electrons. The largest absolute Gasteiger partial charge is 0.208 e. The van der Waals surface area contributed by atoms with E-state index in [2.05, 4.69) is 127 Å². The molecule has 7 aromatic rings. The molecule has 2 heterocycles. The number of aromatic nitrogens is 3. The van der Waals surface area contributed by atoms with Gasteiger partial charge in [0.1, 0.15) is 0 Å². The molecule has 0 unspecified atom stereocenters. The molecule has 0 fully saturated rings. The van der Waals surface area contributed by atoms with Gasteiger partial charge < -0.3 is 0 Å². The van der Waals surface area contributed by atoms with Crippen molar-refractivity contribution in [2.24, 2.45) is 0 Å². The summed E-state index contributed by atoms with van der Waals surface area (Å²) in [5, 5.41) is 0. The SMILES string of the molecule is c1ccc(-c2nc(-c3ccccc3)nc(-c3cccc4c3Sc3ccccc3C4(c3ccccc3)c3ccccc3)n2)cc1. The second-order valence-corrected chi connectivity index (χ2v) is 11.9. The molecule has 6 aromatic carbocycles. The van der Waals surface area contributed by atoms with Gasteiger partial charge in [-0.2, -0.15) is 0 Å². The molecule has 4 heteroatoms. The lowest BCUT2D eigenvalue weighted by atomic mass is 9.64. The molecular formula is C40H27N3S. The first-order valence-electron chi connectivity index (χ1n) is 14.7. The molecule has 3 nitrogen and oxygen atoms in total. The van der Waals surface area contributed by atoms with Crippen molar-refractivity contribution in [2.75, 3.05) is 0 Å². The number of fused-ring (bicyclic) bond motifs is 2. The van der Waals surface area contributed by atoms with Crippen molar-refractivity contribution < 1.29 is 0 Å². The first kappa shape index (κ1) is 26.3. The minimum absolute atomic E-state index is 0.521. The fourth-order valence-corrected chi connectivity index (χ4v) is 7.63. The van der Waals surface area contributed by atoms with Crippen LogP contribution in [-0.2, 0) is 5.41 Å². The monoisotopic (exact) mass is 581 g/mol. The highest BCUT2D eigenvalue weighted by atomic mass is 32.2. The van der Waals surface area contributed by atoms with Crippen LogP contribution in [-0.4, -0.2) is 15.0 Å². The maximum Gasteiger partial charge on any atom is 0.165 e. The predicted octanol–water partition coefficient (Wildman–Crippen LogP) is 9.72. The highest BCUT2D eigenvalue weighted by molar-refractivity contribution is 7.99. The Morgan fingerprint density at radius 2 is 0.841 bits per heavy atom. The third-order valence-corrected chi connectivity index (χ3v) is 9.50. The summed E-state index contributed by atoms with van der Waals surface area (Å²) in [5.41, 5.74) is 7.34. The topological polar surface area (TPSA) is 38.7 Å². The van der Waals surface area contributed by atoms with Crippen LogP contribution in [0.25, 0.3) is 34.2 Å². The Labute approximate surface area is 261 Å². The first-order valence-corrected chi connectivity index (χ1v) is 15.5. The van der Waals surface area contributed by atoms with Gasteiger partial charge in [0.2, 0.25) is 0 Å². The minimum atomic E-state index is -0.521. The van der Waals surface area contributed by atoms with Gasteiger partial charge in [0.05, 0.1) is 5.41 Å². The number of nitrogens with zero attached hydrogens (tertiary/aromatic N) is 3. The van der Waals surface area contributed by atoms with Crippen LogP contribution in [0, 0.1) is 0 Å². The Kier molecular flexibility index (Phi) is 6.62. The molecule has 0 radical (unpaired) electrons. The molecule has 44 heavy (non-hydrogen) atoms. The lowest BCUT2D eigenvalue weighted by Gasteiger charge is -2.42. The lowest BCUT2D eigenvalue weighted by molar-refractivity contribution is 0.703. The van der Waals surface area contributed by atoms with E-state index in [4.69, 9.17) is 15.0 Å². The van der Waals surface area contributed by atoms with Crippen LogP contribution in [0.5, 0.6) is 0 Å². The van der Waals surface area contributed by atoms with Crippen molar-refractivity contribution in [1.82, 2.24) is 15.0 Å². The van der Waals surface area contributed by atoms with Gasteiger partial charge in [-0.05, 0) is 28.3 Å². The third kappa shape index (κ3) is 4.34. The van der Waals surface area contributed by atoms with E-state index in [1.165, 1.54) is 27.1 Å². The molecule has 1 aromatic heterocycles. The van der Waals surface area contributed by atoms with Crippen molar-refractivity contribution in [3.63, 3.8) is 0 Å². The van der Waals surface area contributed by atoms with E-state index < -0.39 is 5.41 Å². The van der Waals surface area contributed by atoms with Crippen molar-refractivity contribution in [2.45, 2.75) is 15.2 Å². The summed E-state index contributed by atoms with van der Waals surface area (Å²) >= 11 is 1.80. The van der Waals surface area contributed by atoms with E-state index in [1.807, 2.05) is 36.4 Å². The van der Waals surface area contributed by atoms with Crippen molar-refractivity contribution in [3.05, 3.63) is 186 Å². The predicted molar refractivity (Wildman–Crippen MR) is 179 cm³/mol. The Bertz CT molecular complexity index is 1980. The van der Waals surface area contributed by atoms with Crippen LogP contribution in [0.15, 0.2) is 174 Å². The normalized spacial score (nSPS) is 13.1. The highest BCUT2D eigenvalue weighted by Crippen LogP contribution is 2.57. The van der Waals surface area contributed by atoms with Crippen LogP contribution >= 0.6 is 11.8 Å². The smallest absolute Gasteiger partial charge is 0.165 e. The minimum Gasteiger partial charge on any atom is -0.208 e. The molecule has 0 atom stereocenters. The van der Waals surface area contributed by atoms with E-state index in [9.17, 15) is 0 Å². The number of hydrogen-bond acceptors (Lipinski definition) is 4. The summed E-state index contributed by atoms with van der Waals surface area (Å²) in [6.07, 6.45) is 0. The van der Waals surface area contributed by atoms with E-state index in [0.29, 0.717) is 17.5 Å². The summed E-state index contributed by atoms with van der Waals surface area (Å²) in [6, 6.07) is 57.4. The Balaban J connectivity index is 1.44. The number of benzene rings is 6. The Morgan fingerprint density at radius 3 is 1.41 bits per heavy atom. The molecule has 1 aliphatic heterocycles. The van der Waals surface area contributed by atoms with Gasteiger partial charge in [0.25, 0.3) is 0 Å². The molecule has 0 spiro atoms. The van der Waals surface area contributed by atoms with E-state index >= 15 is 0 Å². The summed E-state index contributed by atoms with van der Waals surface area (Å²) in [4.78, 5) is 17.6. The van der Waals surface area contributed by atoms with Gasteiger partial charge in [-0.1, -0.05) is 169 Å². The fraction of sp³-hybridized carbons (Fsp3) is 0.0250. The van der Waals surface area contributed by atoms with Gasteiger partial charge in [-0.3, -0.25) is 0 Å². The van der Waals surface area contributed by atoms with Gasteiger partial charge in [0.15, 0.2) is 17.5 Å². The van der Waals surface area contributed by atoms with Crippen molar-refractivity contribution in [3.8, 4) is 34.2 Å². The number of rotatable bonds is 5. The van der Waals surface area contributed by atoms with E-state index in [0.717, 1.165) is 21.6 Å². The zero-order valence-corrected chi connectivity index (χ0v) is 24.7. The molecule has 0 amide bonds. The van der Waals surface area contributed by atoms with Crippen LogP contribution < -0.4 is 0 Å². The summed E-state index contributed by atoms with van der Waals surface area (Å²) in [6.45, 7) is 0. The van der Waals surface area contributed by atoms with Crippen LogP contribution in [0.1, 0.15) is 22.3 Å². The Morgan fingerprint density at radius 1 is 0.386 bits per heavy atom. The number of hydrogen-bond donors (Lipinski definition) is 0. The summed E-state index contributed by atoms with van der Waals surface area (Å²) < 4.78 is 0. The zero-order chi connectivity index (χ0) is 29.3. The second-order valence-electron chi connectivity index (χ2n) is 10.8. The van der Waals surface area contributed by atoms with Crippen LogP contribution in [0.4, 0.5) is 0 Å². The van der Waals surface area contributed by atoms with Gasteiger partial charge in [-0.25, -0.2) is 15.0 Å². The standard InChI is InChI=1S/C40H27N3S/c1-5-16-28(17-6-1)37-41-38(29-18-7-2-8-19-29)43-39(42-37)32-24-15-26-34-36(32)44-35-27-14-13-25-33(35)40(34,30-20-9-3-10-21-30)31-22-11-4-12-23-31/h1-27H. The summed E-state index contributed by atoms with van der Waals surface area (Å²) in [7, 11) is 0. The second kappa shape index (κ2) is 11.1. The maximum atomic E-state index is 5.12. The highest BCUT2D eigenvalue weighted by Gasteiger charge is 2.45. The van der Waals surface area contributed by atoms with Crippen molar-refractivity contribution >= 4 is 11.8 Å². The first-order chi connectivity index (χ1) is 21.8. The summed E-state index contributed by atoms with van der Waals surface area (Å²) in [5.74, 6) is 1.98. The third-order valence-electron chi connectivity index (χ3n) is 8.28. The molecule has 0 bridgehead atoms. The average molecular weight is 582 g/mol. The Hall–Kier alpha value is -5.32. The maximum absolute atomic E-state index is 5.12. The molecule has 0 aliphatic carbocycles.